The number of phenols is 1. The molecule has 0 saturated heterocycles. The Hall–Kier alpha value is -4.46. The van der Waals surface area contributed by atoms with E-state index < -0.39 is 11.5 Å². The monoisotopic (exact) mass is 442 g/mol. The maximum atomic E-state index is 12.9. The first-order valence-corrected chi connectivity index (χ1v) is 10.2. The zero-order chi connectivity index (χ0) is 23.7. The maximum absolute atomic E-state index is 12.9. The van der Waals surface area contributed by atoms with Gasteiger partial charge in [0.2, 0.25) is 0 Å². The van der Waals surface area contributed by atoms with Crippen LogP contribution in [0.3, 0.4) is 0 Å². The number of para-hydroxylation sites is 1. The van der Waals surface area contributed by atoms with Gasteiger partial charge in [0, 0.05) is 5.56 Å². The summed E-state index contributed by atoms with van der Waals surface area (Å²) in [7, 11) is 0. The van der Waals surface area contributed by atoms with Crippen molar-refractivity contribution in [2.75, 3.05) is 0 Å². The Morgan fingerprint density at radius 3 is 2.42 bits per heavy atom. The quantitative estimate of drug-likeness (QED) is 0.350. The molecule has 4 aromatic rings. The molecule has 0 atom stereocenters. The third-order valence-corrected chi connectivity index (χ3v) is 5.48. The first kappa shape index (κ1) is 21.8. The van der Waals surface area contributed by atoms with Crippen molar-refractivity contribution >= 4 is 17.3 Å². The van der Waals surface area contributed by atoms with Crippen molar-refractivity contribution in [2.24, 2.45) is 10.2 Å². The van der Waals surface area contributed by atoms with Gasteiger partial charge < -0.3 is 10.2 Å². The SMILES string of the molecule is Cc1ccc(-c2cccc(N=Nc3c(C)[nH]n(-c4cccc(C(=O)O)c4)c3=O)c2O)cc1C. The van der Waals surface area contributed by atoms with Crippen LogP contribution >= 0.6 is 0 Å². The summed E-state index contributed by atoms with van der Waals surface area (Å²) in [4.78, 5) is 24.1. The van der Waals surface area contributed by atoms with Crippen LogP contribution in [0.5, 0.6) is 5.75 Å². The van der Waals surface area contributed by atoms with E-state index in [0.717, 1.165) is 16.7 Å². The number of nitrogens with one attached hydrogen (secondary N) is 1. The molecule has 0 aliphatic heterocycles. The Kier molecular flexibility index (Phi) is 5.66. The average molecular weight is 442 g/mol. The number of azo groups is 1. The Balaban J connectivity index is 1.71. The topological polar surface area (TPSA) is 120 Å². The number of phenolic OH excluding ortho intramolecular Hbond substituents is 1. The molecular weight excluding hydrogens is 420 g/mol. The third kappa shape index (κ3) is 4.18. The van der Waals surface area contributed by atoms with E-state index in [1.54, 1.807) is 37.3 Å². The molecule has 8 nitrogen and oxygen atoms in total. The number of aromatic amines is 1. The second-order valence-electron chi connectivity index (χ2n) is 7.75. The number of aromatic nitrogens is 2. The largest absolute Gasteiger partial charge is 0.505 e. The number of hydrogen-bond donors (Lipinski definition) is 3. The number of carboxylic acid groups (broad SMARTS) is 1. The minimum atomic E-state index is -1.09. The second kappa shape index (κ2) is 8.58. The molecule has 0 spiro atoms. The highest BCUT2D eigenvalue weighted by Crippen LogP contribution is 2.38. The Morgan fingerprint density at radius 2 is 1.70 bits per heavy atom. The lowest BCUT2D eigenvalue weighted by atomic mass is 9.99. The molecule has 1 aromatic heterocycles. The lowest BCUT2D eigenvalue weighted by Crippen LogP contribution is -2.14. The van der Waals surface area contributed by atoms with Gasteiger partial charge in [0.1, 0.15) is 5.69 Å². The molecule has 0 aliphatic carbocycles. The minimum Gasteiger partial charge on any atom is -0.505 e. The molecule has 3 aromatic carbocycles. The highest BCUT2D eigenvalue weighted by Gasteiger charge is 2.15. The van der Waals surface area contributed by atoms with Crippen molar-refractivity contribution in [1.29, 1.82) is 0 Å². The van der Waals surface area contributed by atoms with Crippen LogP contribution in [0.1, 0.15) is 27.2 Å². The number of hydrogen-bond acceptors (Lipinski definition) is 5. The number of aromatic carboxylic acids is 1. The first-order chi connectivity index (χ1) is 15.8. The summed E-state index contributed by atoms with van der Waals surface area (Å²) in [5, 5.41) is 31.1. The third-order valence-electron chi connectivity index (χ3n) is 5.48. The van der Waals surface area contributed by atoms with E-state index in [1.807, 2.05) is 32.0 Å². The number of carboxylic acids is 1. The number of nitrogens with zero attached hydrogens (tertiary/aromatic N) is 3. The normalized spacial score (nSPS) is 11.2. The predicted molar refractivity (Wildman–Crippen MR) is 125 cm³/mol. The van der Waals surface area contributed by atoms with Crippen molar-refractivity contribution in [1.82, 2.24) is 9.78 Å². The predicted octanol–water partition coefficient (Wildman–Crippen LogP) is 5.58. The van der Waals surface area contributed by atoms with Gasteiger partial charge >= 0.3 is 5.97 Å². The zero-order valence-electron chi connectivity index (χ0n) is 18.3. The summed E-state index contributed by atoms with van der Waals surface area (Å²) in [6.45, 7) is 5.69. The molecule has 3 N–H and O–H groups in total. The fraction of sp³-hybridized carbons (Fsp3) is 0.120. The van der Waals surface area contributed by atoms with Gasteiger partial charge in [-0.15, -0.1) is 10.2 Å². The molecule has 0 amide bonds. The van der Waals surface area contributed by atoms with Crippen molar-refractivity contribution in [3.05, 3.63) is 93.4 Å². The number of aromatic hydroxyl groups is 1. The Morgan fingerprint density at radius 1 is 0.939 bits per heavy atom. The number of rotatable bonds is 5. The van der Waals surface area contributed by atoms with Crippen molar-refractivity contribution in [2.45, 2.75) is 20.8 Å². The molecule has 166 valence electrons. The van der Waals surface area contributed by atoms with E-state index in [1.165, 1.54) is 16.8 Å². The molecule has 0 unspecified atom stereocenters. The Labute approximate surface area is 189 Å². The van der Waals surface area contributed by atoms with Gasteiger partial charge in [-0.1, -0.05) is 36.4 Å². The molecule has 0 aliphatic rings. The number of benzene rings is 3. The number of carbonyl (C=O) groups is 1. The number of aryl methyl sites for hydroxylation is 3. The average Bonchev–Trinajstić information content (AvgIpc) is 3.08. The van der Waals surface area contributed by atoms with Gasteiger partial charge in [0.05, 0.1) is 16.9 Å². The summed E-state index contributed by atoms with van der Waals surface area (Å²) >= 11 is 0. The number of H-pyrrole nitrogens is 1. The molecule has 0 bridgehead atoms. The van der Waals surface area contributed by atoms with Crippen molar-refractivity contribution in [3.63, 3.8) is 0 Å². The smallest absolute Gasteiger partial charge is 0.335 e. The van der Waals surface area contributed by atoms with E-state index in [4.69, 9.17) is 0 Å². The van der Waals surface area contributed by atoms with Crippen molar-refractivity contribution in [3.8, 4) is 22.6 Å². The highest BCUT2D eigenvalue weighted by atomic mass is 16.4. The van der Waals surface area contributed by atoms with E-state index in [-0.39, 0.29) is 22.7 Å². The fourth-order valence-electron chi connectivity index (χ4n) is 3.47. The summed E-state index contributed by atoms with van der Waals surface area (Å²) in [6.07, 6.45) is 0. The summed E-state index contributed by atoms with van der Waals surface area (Å²) in [5.74, 6) is -1.13. The molecule has 0 fully saturated rings. The van der Waals surface area contributed by atoms with Crippen LogP contribution in [0.25, 0.3) is 16.8 Å². The Bertz CT molecular complexity index is 1460. The van der Waals surface area contributed by atoms with Crippen LogP contribution in [-0.2, 0) is 0 Å². The van der Waals surface area contributed by atoms with Crippen molar-refractivity contribution < 1.29 is 15.0 Å². The van der Waals surface area contributed by atoms with Crippen LogP contribution in [0.15, 0.2) is 75.7 Å². The molecular formula is C25H22N4O4. The molecule has 8 heteroatoms. The molecule has 0 saturated carbocycles. The van der Waals surface area contributed by atoms with Crippen LogP contribution in [0.4, 0.5) is 11.4 Å². The van der Waals surface area contributed by atoms with E-state index in [2.05, 4.69) is 15.3 Å². The lowest BCUT2D eigenvalue weighted by molar-refractivity contribution is 0.0697. The van der Waals surface area contributed by atoms with Gasteiger partial charge in [-0.05, 0) is 61.7 Å². The van der Waals surface area contributed by atoms with Crippen LogP contribution in [0.2, 0.25) is 0 Å². The molecule has 4 rings (SSSR count). The molecule has 0 radical (unpaired) electrons. The molecule has 1 heterocycles. The zero-order valence-corrected chi connectivity index (χ0v) is 18.3. The molecule has 33 heavy (non-hydrogen) atoms. The van der Waals surface area contributed by atoms with E-state index in [9.17, 15) is 19.8 Å². The lowest BCUT2D eigenvalue weighted by Gasteiger charge is -2.09. The second-order valence-corrected chi connectivity index (χ2v) is 7.75. The van der Waals surface area contributed by atoms with E-state index in [0.29, 0.717) is 16.9 Å². The minimum absolute atomic E-state index is 0.0350. The fourth-order valence-corrected chi connectivity index (χ4v) is 3.47. The van der Waals surface area contributed by atoms with Gasteiger partial charge in [-0.2, -0.15) is 0 Å². The highest BCUT2D eigenvalue weighted by molar-refractivity contribution is 5.88. The van der Waals surface area contributed by atoms with Gasteiger partial charge in [-0.3, -0.25) is 9.89 Å². The van der Waals surface area contributed by atoms with Crippen LogP contribution in [-0.4, -0.2) is 26.0 Å². The summed E-state index contributed by atoms with van der Waals surface area (Å²) < 4.78 is 1.21. The van der Waals surface area contributed by atoms with Gasteiger partial charge in [0.15, 0.2) is 11.4 Å². The summed E-state index contributed by atoms with van der Waals surface area (Å²) in [5.41, 5.74) is 4.41. The maximum Gasteiger partial charge on any atom is 0.335 e. The van der Waals surface area contributed by atoms with Gasteiger partial charge in [0.25, 0.3) is 5.56 Å². The van der Waals surface area contributed by atoms with E-state index >= 15 is 0 Å². The summed E-state index contributed by atoms with van der Waals surface area (Å²) in [6, 6.07) is 17.1. The van der Waals surface area contributed by atoms with Crippen LogP contribution in [0, 0.1) is 20.8 Å². The standard InChI is InChI=1S/C25H22N4O4/c1-14-10-11-17(12-15(14)2)20-8-5-9-21(23(20)30)26-27-22-16(3)28-29(24(22)31)19-7-4-6-18(13-19)25(32)33/h4-13,28,30H,1-3H3,(H,32,33). The first-order valence-electron chi connectivity index (χ1n) is 10.2. The van der Waals surface area contributed by atoms with Crippen LogP contribution < -0.4 is 5.56 Å². The van der Waals surface area contributed by atoms with Gasteiger partial charge in [-0.25, -0.2) is 9.48 Å².